The average molecular weight is 256 g/mol. The van der Waals surface area contributed by atoms with Gasteiger partial charge in [0.15, 0.2) is 5.78 Å². The van der Waals surface area contributed by atoms with E-state index < -0.39 is 6.10 Å². The summed E-state index contributed by atoms with van der Waals surface area (Å²) in [5, 5.41) is 3.96. The van der Waals surface area contributed by atoms with Crippen LogP contribution >= 0.6 is 0 Å². The minimum Gasteiger partial charge on any atom is -0.453 e. The number of Topliss-reactive ketones (excluding diaryl/α,β-unsaturated/α-hetero) is 1. The molecule has 0 saturated carbocycles. The summed E-state index contributed by atoms with van der Waals surface area (Å²) in [5.41, 5.74) is 1.86. The Kier molecular flexibility index (Phi) is 2.67. The molecule has 1 aliphatic rings. The van der Waals surface area contributed by atoms with E-state index in [0.717, 1.165) is 5.56 Å². The van der Waals surface area contributed by atoms with Crippen LogP contribution in [0.1, 0.15) is 38.8 Å². The number of cyclic esters (lactones) is 1. The topological polar surface area (TPSA) is 61.2 Å². The fourth-order valence-corrected chi connectivity index (χ4v) is 2.22. The Morgan fingerprint density at radius 3 is 2.95 bits per heavy atom. The molecular formula is C14H12N2O3. The average Bonchev–Trinajstić information content (AvgIpc) is 2.96. The van der Waals surface area contributed by atoms with Crippen LogP contribution in [0.3, 0.4) is 0 Å². The Labute approximate surface area is 109 Å². The second kappa shape index (κ2) is 4.35. The van der Waals surface area contributed by atoms with Crippen molar-refractivity contribution in [2.24, 2.45) is 7.05 Å². The fourth-order valence-electron chi connectivity index (χ4n) is 2.22. The number of fused-ring (bicyclic) bond motifs is 1. The molecule has 0 aliphatic carbocycles. The third-order valence-electron chi connectivity index (χ3n) is 3.17. The Balaban J connectivity index is 1.82. The Hall–Kier alpha value is -2.43. The maximum Gasteiger partial charge on any atom is 0.339 e. The molecule has 0 saturated heterocycles. The summed E-state index contributed by atoms with van der Waals surface area (Å²) < 4.78 is 6.82. The van der Waals surface area contributed by atoms with Crippen LogP contribution in [0.5, 0.6) is 0 Å². The van der Waals surface area contributed by atoms with Crippen LogP contribution in [-0.4, -0.2) is 21.5 Å². The number of aromatic nitrogens is 2. The Morgan fingerprint density at radius 1 is 1.42 bits per heavy atom. The van der Waals surface area contributed by atoms with Crippen LogP contribution in [0, 0.1) is 0 Å². The zero-order chi connectivity index (χ0) is 13.4. The van der Waals surface area contributed by atoms with Gasteiger partial charge >= 0.3 is 5.97 Å². The maximum atomic E-state index is 12.1. The number of hydrogen-bond acceptors (Lipinski definition) is 4. The highest BCUT2D eigenvalue weighted by molar-refractivity contribution is 5.98. The Bertz CT molecular complexity index is 660. The second-order valence-electron chi connectivity index (χ2n) is 4.51. The predicted octanol–water partition coefficient (Wildman–Crippen LogP) is 1.90. The summed E-state index contributed by atoms with van der Waals surface area (Å²) >= 11 is 0. The monoisotopic (exact) mass is 256 g/mol. The van der Waals surface area contributed by atoms with Gasteiger partial charge in [0, 0.05) is 18.8 Å². The molecule has 1 aromatic heterocycles. The lowest BCUT2D eigenvalue weighted by molar-refractivity contribution is 0.0367. The van der Waals surface area contributed by atoms with Crippen molar-refractivity contribution in [1.82, 2.24) is 9.78 Å². The van der Waals surface area contributed by atoms with E-state index in [0.29, 0.717) is 11.1 Å². The van der Waals surface area contributed by atoms with Gasteiger partial charge in [0.2, 0.25) is 0 Å². The van der Waals surface area contributed by atoms with Gasteiger partial charge in [-0.2, -0.15) is 5.10 Å². The molecule has 1 aliphatic heterocycles. The summed E-state index contributed by atoms with van der Waals surface area (Å²) in [6.45, 7) is 0. The van der Waals surface area contributed by atoms with Crippen LogP contribution in [0.2, 0.25) is 0 Å². The van der Waals surface area contributed by atoms with Crippen molar-refractivity contribution in [2.45, 2.75) is 12.5 Å². The highest BCUT2D eigenvalue weighted by Crippen LogP contribution is 2.33. The molecule has 5 nitrogen and oxygen atoms in total. The molecule has 19 heavy (non-hydrogen) atoms. The first kappa shape index (κ1) is 11.6. The van der Waals surface area contributed by atoms with Crippen molar-refractivity contribution in [2.75, 3.05) is 0 Å². The molecule has 1 atom stereocenters. The van der Waals surface area contributed by atoms with Gasteiger partial charge in [-0.15, -0.1) is 0 Å². The summed E-state index contributed by atoms with van der Waals surface area (Å²) in [6.07, 6.45) is 2.83. The molecule has 3 rings (SSSR count). The standard InChI is InChI=1S/C14H12N2O3/c1-16-8-9(7-15-16)12(17)6-13-10-4-2-3-5-11(10)14(18)19-13/h2-5,7-8,13H,6H2,1H3. The maximum absolute atomic E-state index is 12.1. The number of ketones is 1. The van der Waals surface area contributed by atoms with Gasteiger partial charge in [-0.1, -0.05) is 18.2 Å². The molecule has 1 unspecified atom stereocenters. The highest BCUT2D eigenvalue weighted by atomic mass is 16.5. The molecule has 0 spiro atoms. The number of nitrogens with zero attached hydrogens (tertiary/aromatic N) is 2. The first-order chi connectivity index (χ1) is 9.15. The van der Waals surface area contributed by atoms with Gasteiger partial charge in [0.05, 0.1) is 23.7 Å². The first-order valence-electron chi connectivity index (χ1n) is 5.97. The van der Waals surface area contributed by atoms with Gasteiger partial charge in [-0.25, -0.2) is 4.79 Å². The summed E-state index contributed by atoms with van der Waals surface area (Å²) in [4.78, 5) is 23.7. The number of esters is 1. The van der Waals surface area contributed by atoms with Crippen LogP contribution in [-0.2, 0) is 11.8 Å². The number of aryl methyl sites for hydroxylation is 1. The van der Waals surface area contributed by atoms with Crippen LogP contribution in [0.25, 0.3) is 0 Å². The SMILES string of the molecule is Cn1cc(C(=O)CC2OC(=O)c3ccccc32)cn1. The van der Waals surface area contributed by atoms with Gasteiger partial charge in [-0.05, 0) is 6.07 Å². The summed E-state index contributed by atoms with van der Waals surface area (Å²) in [5.74, 6) is -0.442. The van der Waals surface area contributed by atoms with Gasteiger partial charge in [-0.3, -0.25) is 9.48 Å². The predicted molar refractivity (Wildman–Crippen MR) is 66.8 cm³/mol. The smallest absolute Gasteiger partial charge is 0.339 e. The van der Waals surface area contributed by atoms with E-state index in [4.69, 9.17) is 4.74 Å². The van der Waals surface area contributed by atoms with E-state index in [1.807, 2.05) is 12.1 Å². The van der Waals surface area contributed by atoms with E-state index in [-0.39, 0.29) is 18.2 Å². The minimum atomic E-state index is -0.489. The van der Waals surface area contributed by atoms with Crippen molar-refractivity contribution in [1.29, 1.82) is 0 Å². The molecule has 2 aromatic rings. The van der Waals surface area contributed by atoms with Crippen LogP contribution in [0.15, 0.2) is 36.7 Å². The van der Waals surface area contributed by atoms with E-state index in [9.17, 15) is 9.59 Å². The minimum absolute atomic E-state index is 0.0809. The van der Waals surface area contributed by atoms with E-state index in [1.165, 1.54) is 6.20 Å². The largest absolute Gasteiger partial charge is 0.453 e. The molecule has 0 N–H and O–H groups in total. The molecular weight excluding hydrogens is 244 g/mol. The van der Waals surface area contributed by atoms with Crippen molar-refractivity contribution in [3.8, 4) is 0 Å². The third-order valence-corrected chi connectivity index (χ3v) is 3.17. The van der Waals surface area contributed by atoms with E-state index in [1.54, 1.807) is 30.1 Å². The molecule has 5 heteroatoms. The number of carbonyl (C=O) groups excluding carboxylic acids is 2. The van der Waals surface area contributed by atoms with Gasteiger partial charge in [0.1, 0.15) is 6.10 Å². The summed E-state index contributed by atoms with van der Waals surface area (Å²) in [6, 6.07) is 7.15. The number of benzene rings is 1. The number of hydrogen-bond donors (Lipinski definition) is 0. The van der Waals surface area contributed by atoms with E-state index in [2.05, 4.69) is 5.10 Å². The van der Waals surface area contributed by atoms with Crippen molar-refractivity contribution < 1.29 is 14.3 Å². The van der Waals surface area contributed by atoms with Gasteiger partial charge in [0.25, 0.3) is 0 Å². The lowest BCUT2D eigenvalue weighted by atomic mass is 10.00. The third kappa shape index (κ3) is 2.03. The molecule has 0 radical (unpaired) electrons. The molecule has 96 valence electrons. The molecule has 0 bridgehead atoms. The van der Waals surface area contributed by atoms with Crippen LogP contribution in [0.4, 0.5) is 0 Å². The van der Waals surface area contributed by atoms with E-state index >= 15 is 0 Å². The molecule has 0 fully saturated rings. The van der Waals surface area contributed by atoms with Crippen molar-refractivity contribution in [3.05, 3.63) is 53.3 Å². The fraction of sp³-hybridized carbons (Fsp3) is 0.214. The first-order valence-corrected chi connectivity index (χ1v) is 5.97. The molecule has 1 aromatic carbocycles. The van der Waals surface area contributed by atoms with Gasteiger partial charge < -0.3 is 4.74 Å². The quantitative estimate of drug-likeness (QED) is 0.621. The van der Waals surface area contributed by atoms with Crippen molar-refractivity contribution in [3.63, 3.8) is 0 Å². The number of rotatable bonds is 3. The zero-order valence-corrected chi connectivity index (χ0v) is 10.4. The lowest BCUT2D eigenvalue weighted by Crippen LogP contribution is -2.07. The lowest BCUT2D eigenvalue weighted by Gasteiger charge is -2.08. The summed E-state index contributed by atoms with van der Waals surface area (Å²) in [7, 11) is 1.75. The zero-order valence-electron chi connectivity index (χ0n) is 10.4. The molecule has 2 heterocycles. The molecule has 0 amide bonds. The van der Waals surface area contributed by atoms with Crippen molar-refractivity contribution >= 4 is 11.8 Å². The number of ether oxygens (including phenoxy) is 1. The number of carbonyl (C=O) groups is 2. The van der Waals surface area contributed by atoms with Crippen LogP contribution < -0.4 is 0 Å². The second-order valence-corrected chi connectivity index (χ2v) is 4.51. The normalized spacial score (nSPS) is 17.1. The highest BCUT2D eigenvalue weighted by Gasteiger charge is 2.32. The Morgan fingerprint density at radius 2 is 2.21 bits per heavy atom.